The summed E-state index contributed by atoms with van der Waals surface area (Å²) in [5, 5.41) is 7.23. The Morgan fingerprint density at radius 1 is 1.00 bits per heavy atom. The molecular formula is C16H30N2. The predicted octanol–water partition coefficient (Wildman–Crippen LogP) is 5.12. The average Bonchev–Trinajstić information content (AvgIpc) is 2.87. The third kappa shape index (κ3) is 6.83. The molecule has 2 heteroatoms. The second-order valence-electron chi connectivity index (χ2n) is 5.48. The third-order valence-corrected chi connectivity index (χ3v) is 3.74. The zero-order chi connectivity index (χ0) is 13.1. The van der Waals surface area contributed by atoms with Gasteiger partial charge in [-0.25, -0.2) is 0 Å². The first-order chi connectivity index (χ1) is 8.86. The van der Waals surface area contributed by atoms with Crippen LogP contribution in [0, 0.1) is 5.92 Å². The maximum atomic E-state index is 4.30. The molecule has 1 unspecified atom stereocenters. The number of aromatic amines is 1. The van der Waals surface area contributed by atoms with Crippen molar-refractivity contribution in [2.75, 3.05) is 0 Å². The van der Waals surface area contributed by atoms with E-state index < -0.39 is 0 Å². The second kappa shape index (κ2) is 10.2. The van der Waals surface area contributed by atoms with Crippen LogP contribution in [-0.4, -0.2) is 10.2 Å². The first-order valence-corrected chi connectivity index (χ1v) is 7.85. The number of rotatable bonds is 11. The van der Waals surface area contributed by atoms with Gasteiger partial charge in [0.15, 0.2) is 0 Å². The Balaban J connectivity index is 2.27. The summed E-state index contributed by atoms with van der Waals surface area (Å²) in [6, 6.07) is 2.12. The Morgan fingerprint density at radius 3 is 2.28 bits per heavy atom. The van der Waals surface area contributed by atoms with Crippen molar-refractivity contribution < 1.29 is 0 Å². The molecule has 1 atom stereocenters. The van der Waals surface area contributed by atoms with Crippen LogP contribution in [0.5, 0.6) is 0 Å². The van der Waals surface area contributed by atoms with E-state index >= 15 is 0 Å². The standard InChI is InChI=1S/C16H30N2/c1-3-5-7-9-11-15(10-8-6-4-2)14-16-12-13-17-18-16/h12-13,15H,3-11,14H2,1-2H3,(H,17,18). The zero-order valence-electron chi connectivity index (χ0n) is 12.3. The zero-order valence-corrected chi connectivity index (χ0v) is 12.3. The van der Waals surface area contributed by atoms with Crippen LogP contribution < -0.4 is 0 Å². The van der Waals surface area contributed by atoms with Crippen molar-refractivity contribution in [3.63, 3.8) is 0 Å². The first-order valence-electron chi connectivity index (χ1n) is 7.85. The van der Waals surface area contributed by atoms with Gasteiger partial charge in [0.05, 0.1) is 5.69 Å². The highest BCUT2D eigenvalue weighted by molar-refractivity contribution is 4.98. The van der Waals surface area contributed by atoms with Crippen LogP contribution in [0.4, 0.5) is 0 Å². The van der Waals surface area contributed by atoms with Gasteiger partial charge in [-0.15, -0.1) is 0 Å². The van der Waals surface area contributed by atoms with Crippen molar-refractivity contribution in [1.29, 1.82) is 0 Å². The van der Waals surface area contributed by atoms with Gasteiger partial charge in [-0.1, -0.05) is 71.6 Å². The fourth-order valence-corrected chi connectivity index (χ4v) is 2.59. The molecule has 0 radical (unpaired) electrons. The van der Waals surface area contributed by atoms with E-state index in [0.717, 1.165) is 5.92 Å². The number of nitrogens with zero attached hydrogens (tertiary/aromatic N) is 1. The minimum absolute atomic E-state index is 0.844. The van der Waals surface area contributed by atoms with Gasteiger partial charge >= 0.3 is 0 Å². The highest BCUT2D eigenvalue weighted by Crippen LogP contribution is 2.21. The highest BCUT2D eigenvalue weighted by Gasteiger charge is 2.10. The maximum Gasteiger partial charge on any atom is 0.0624 e. The van der Waals surface area contributed by atoms with E-state index in [2.05, 4.69) is 30.1 Å². The molecule has 18 heavy (non-hydrogen) atoms. The van der Waals surface area contributed by atoms with Gasteiger partial charge in [0.2, 0.25) is 0 Å². The summed E-state index contributed by atoms with van der Waals surface area (Å²) in [4.78, 5) is 0. The fourth-order valence-electron chi connectivity index (χ4n) is 2.59. The third-order valence-electron chi connectivity index (χ3n) is 3.74. The monoisotopic (exact) mass is 250 g/mol. The maximum absolute atomic E-state index is 4.30. The van der Waals surface area contributed by atoms with E-state index in [1.54, 1.807) is 0 Å². The van der Waals surface area contributed by atoms with Crippen LogP contribution in [0.25, 0.3) is 0 Å². The highest BCUT2D eigenvalue weighted by atomic mass is 15.1. The number of aromatic nitrogens is 2. The van der Waals surface area contributed by atoms with Gasteiger partial charge in [-0.3, -0.25) is 5.10 Å². The summed E-state index contributed by atoms with van der Waals surface area (Å²) in [5.74, 6) is 0.844. The van der Waals surface area contributed by atoms with Crippen molar-refractivity contribution in [1.82, 2.24) is 10.2 Å². The molecule has 0 saturated carbocycles. The average molecular weight is 250 g/mol. The van der Waals surface area contributed by atoms with E-state index in [-0.39, 0.29) is 0 Å². The number of hydrogen-bond acceptors (Lipinski definition) is 1. The molecule has 0 aliphatic heterocycles. The largest absolute Gasteiger partial charge is 0.285 e. The molecular weight excluding hydrogens is 220 g/mol. The van der Waals surface area contributed by atoms with Crippen LogP contribution in [0.1, 0.15) is 77.3 Å². The molecule has 104 valence electrons. The molecule has 0 bridgehead atoms. The summed E-state index contributed by atoms with van der Waals surface area (Å²) in [5.41, 5.74) is 1.24. The van der Waals surface area contributed by atoms with E-state index in [9.17, 15) is 0 Å². The molecule has 1 aromatic rings. The fraction of sp³-hybridized carbons (Fsp3) is 0.812. The minimum atomic E-state index is 0.844. The van der Waals surface area contributed by atoms with E-state index in [1.165, 1.54) is 69.9 Å². The smallest absolute Gasteiger partial charge is 0.0624 e. The van der Waals surface area contributed by atoms with Crippen molar-refractivity contribution >= 4 is 0 Å². The Kier molecular flexibility index (Phi) is 8.62. The van der Waals surface area contributed by atoms with Crippen molar-refractivity contribution in [2.24, 2.45) is 5.92 Å². The lowest BCUT2D eigenvalue weighted by Crippen LogP contribution is -2.05. The van der Waals surface area contributed by atoms with Crippen LogP contribution in [-0.2, 0) is 6.42 Å². The van der Waals surface area contributed by atoms with Crippen molar-refractivity contribution in [3.05, 3.63) is 18.0 Å². The molecule has 1 rings (SSSR count). The molecule has 0 spiro atoms. The van der Waals surface area contributed by atoms with Crippen LogP contribution in [0.15, 0.2) is 12.3 Å². The molecule has 0 fully saturated rings. The topological polar surface area (TPSA) is 28.7 Å². The molecule has 1 aromatic heterocycles. The number of nitrogens with one attached hydrogen (secondary N) is 1. The predicted molar refractivity (Wildman–Crippen MR) is 78.7 cm³/mol. The lowest BCUT2D eigenvalue weighted by Gasteiger charge is -2.15. The lowest BCUT2D eigenvalue weighted by atomic mass is 9.91. The molecule has 0 amide bonds. The van der Waals surface area contributed by atoms with Gasteiger partial charge in [0.25, 0.3) is 0 Å². The normalized spacial score (nSPS) is 12.8. The van der Waals surface area contributed by atoms with Gasteiger partial charge in [-0.2, -0.15) is 5.10 Å². The van der Waals surface area contributed by atoms with Crippen molar-refractivity contribution in [2.45, 2.75) is 78.1 Å². The van der Waals surface area contributed by atoms with Crippen LogP contribution in [0.3, 0.4) is 0 Å². The van der Waals surface area contributed by atoms with Crippen LogP contribution in [0.2, 0.25) is 0 Å². The van der Waals surface area contributed by atoms with Gasteiger partial charge < -0.3 is 0 Å². The van der Waals surface area contributed by atoms with Gasteiger partial charge in [-0.05, 0) is 18.4 Å². The summed E-state index contributed by atoms with van der Waals surface area (Å²) in [6.45, 7) is 4.56. The Labute approximate surface area is 113 Å². The lowest BCUT2D eigenvalue weighted by molar-refractivity contribution is 0.403. The SMILES string of the molecule is CCCCCCC(CCCCC)Cc1cc[nH]n1. The summed E-state index contributed by atoms with van der Waals surface area (Å²) < 4.78 is 0. The number of unbranched alkanes of at least 4 members (excludes halogenated alkanes) is 5. The molecule has 0 aliphatic rings. The van der Waals surface area contributed by atoms with Crippen LogP contribution >= 0.6 is 0 Å². The number of hydrogen-bond donors (Lipinski definition) is 1. The second-order valence-corrected chi connectivity index (χ2v) is 5.48. The van der Waals surface area contributed by atoms with Crippen molar-refractivity contribution in [3.8, 4) is 0 Å². The summed E-state index contributed by atoms with van der Waals surface area (Å²) in [6.07, 6.45) is 15.5. The number of H-pyrrole nitrogens is 1. The summed E-state index contributed by atoms with van der Waals surface area (Å²) >= 11 is 0. The molecule has 0 aromatic carbocycles. The van der Waals surface area contributed by atoms with Gasteiger partial charge in [0.1, 0.15) is 0 Å². The minimum Gasteiger partial charge on any atom is -0.285 e. The Bertz CT molecular complexity index is 267. The van der Waals surface area contributed by atoms with Gasteiger partial charge in [0, 0.05) is 6.20 Å². The van der Waals surface area contributed by atoms with E-state index in [0.29, 0.717) is 0 Å². The molecule has 0 saturated heterocycles. The quantitative estimate of drug-likeness (QED) is 0.543. The molecule has 0 aliphatic carbocycles. The van der Waals surface area contributed by atoms with E-state index in [4.69, 9.17) is 0 Å². The Hall–Kier alpha value is -0.790. The Morgan fingerprint density at radius 2 is 1.67 bits per heavy atom. The molecule has 2 nitrogen and oxygen atoms in total. The molecule has 1 N–H and O–H groups in total. The summed E-state index contributed by atoms with van der Waals surface area (Å²) in [7, 11) is 0. The van der Waals surface area contributed by atoms with E-state index in [1.807, 2.05) is 6.20 Å². The first kappa shape index (κ1) is 15.3. The molecule has 1 heterocycles.